The molecule has 6 heteroatoms. The van der Waals surface area contributed by atoms with E-state index in [1.807, 2.05) is 18.2 Å². The van der Waals surface area contributed by atoms with Crippen molar-refractivity contribution in [1.29, 1.82) is 0 Å². The van der Waals surface area contributed by atoms with Crippen LogP contribution >= 0.6 is 11.3 Å². The summed E-state index contributed by atoms with van der Waals surface area (Å²) in [5.41, 5.74) is 3.44. The Balaban J connectivity index is 2.00. The molecule has 0 unspecified atom stereocenters. The second-order valence-electron chi connectivity index (χ2n) is 3.85. The topological polar surface area (TPSA) is 59.8 Å². The molecule has 0 fully saturated rings. The first-order valence-corrected chi connectivity index (χ1v) is 6.24. The van der Waals surface area contributed by atoms with E-state index in [1.165, 1.54) is 4.57 Å². The van der Waals surface area contributed by atoms with Gasteiger partial charge in [-0.3, -0.25) is 4.79 Å². The molecule has 3 aromatic rings. The van der Waals surface area contributed by atoms with E-state index in [4.69, 9.17) is 0 Å². The lowest BCUT2D eigenvalue weighted by Crippen LogP contribution is -2.20. The van der Waals surface area contributed by atoms with Gasteiger partial charge in [-0.25, -0.2) is 9.97 Å². The van der Waals surface area contributed by atoms with Crippen LogP contribution in [-0.2, 0) is 7.05 Å². The maximum absolute atomic E-state index is 11.8. The van der Waals surface area contributed by atoms with Crippen molar-refractivity contribution in [3.63, 3.8) is 0 Å². The monoisotopic (exact) mass is 258 g/mol. The number of nitrogens with zero attached hydrogens (tertiary/aromatic N) is 3. The Hall–Kier alpha value is -2.21. The van der Waals surface area contributed by atoms with E-state index in [2.05, 4.69) is 15.3 Å². The van der Waals surface area contributed by atoms with Crippen LogP contribution in [0.1, 0.15) is 0 Å². The minimum absolute atomic E-state index is 0.151. The molecule has 5 nitrogen and oxygen atoms in total. The highest BCUT2D eigenvalue weighted by molar-refractivity contribution is 7.16. The third kappa shape index (κ3) is 1.86. The van der Waals surface area contributed by atoms with Crippen LogP contribution in [0.5, 0.6) is 0 Å². The predicted molar refractivity (Wildman–Crippen MR) is 72.4 cm³/mol. The van der Waals surface area contributed by atoms with Crippen LogP contribution in [0.2, 0.25) is 0 Å². The van der Waals surface area contributed by atoms with E-state index in [0.29, 0.717) is 5.82 Å². The first kappa shape index (κ1) is 10.9. The number of aryl methyl sites for hydroxylation is 1. The summed E-state index contributed by atoms with van der Waals surface area (Å²) in [6.07, 6.45) is 3.22. The van der Waals surface area contributed by atoms with Gasteiger partial charge in [-0.05, 0) is 18.2 Å². The van der Waals surface area contributed by atoms with Crippen molar-refractivity contribution in [2.45, 2.75) is 0 Å². The van der Waals surface area contributed by atoms with Crippen LogP contribution in [0.3, 0.4) is 0 Å². The van der Waals surface area contributed by atoms with Crippen LogP contribution in [-0.4, -0.2) is 14.5 Å². The van der Waals surface area contributed by atoms with E-state index in [9.17, 15) is 4.79 Å². The molecular weight excluding hydrogens is 248 g/mol. The van der Waals surface area contributed by atoms with Gasteiger partial charge >= 0.3 is 0 Å². The molecule has 0 amide bonds. The van der Waals surface area contributed by atoms with Crippen molar-refractivity contribution < 1.29 is 0 Å². The molecule has 0 aliphatic heterocycles. The molecule has 0 radical (unpaired) electrons. The molecule has 2 aromatic heterocycles. The summed E-state index contributed by atoms with van der Waals surface area (Å²) in [6.45, 7) is 0. The lowest BCUT2D eigenvalue weighted by atomic mass is 10.3. The van der Waals surface area contributed by atoms with Crippen LogP contribution in [0, 0.1) is 0 Å². The molecule has 1 aromatic carbocycles. The number of hydrogen-bond donors (Lipinski definition) is 1. The van der Waals surface area contributed by atoms with Crippen LogP contribution < -0.4 is 10.9 Å². The van der Waals surface area contributed by atoms with E-state index < -0.39 is 0 Å². The number of aromatic nitrogens is 3. The van der Waals surface area contributed by atoms with Gasteiger partial charge in [0.15, 0.2) is 5.82 Å². The zero-order valence-corrected chi connectivity index (χ0v) is 10.4. The minimum Gasteiger partial charge on any atom is -0.336 e. The summed E-state index contributed by atoms with van der Waals surface area (Å²) < 4.78 is 2.56. The second kappa shape index (κ2) is 4.23. The van der Waals surface area contributed by atoms with Crippen molar-refractivity contribution in [3.05, 3.63) is 46.5 Å². The highest BCUT2D eigenvalue weighted by atomic mass is 32.1. The minimum atomic E-state index is -0.151. The Morgan fingerprint density at radius 1 is 1.33 bits per heavy atom. The summed E-state index contributed by atoms with van der Waals surface area (Å²) >= 11 is 1.56. The van der Waals surface area contributed by atoms with Gasteiger partial charge in [0.25, 0.3) is 5.56 Å². The average molecular weight is 258 g/mol. The van der Waals surface area contributed by atoms with Crippen LogP contribution in [0.25, 0.3) is 10.2 Å². The fraction of sp³-hybridized carbons (Fsp3) is 0.0833. The van der Waals surface area contributed by atoms with Crippen molar-refractivity contribution in [2.75, 3.05) is 5.32 Å². The van der Waals surface area contributed by atoms with Gasteiger partial charge in [-0.2, -0.15) is 0 Å². The van der Waals surface area contributed by atoms with E-state index in [-0.39, 0.29) is 5.56 Å². The molecule has 90 valence electrons. The third-order valence-electron chi connectivity index (χ3n) is 2.61. The molecule has 0 spiro atoms. The molecule has 0 atom stereocenters. The quantitative estimate of drug-likeness (QED) is 0.765. The normalized spacial score (nSPS) is 10.7. The number of fused-ring (bicyclic) bond motifs is 1. The number of nitrogens with one attached hydrogen (secondary N) is 1. The summed E-state index contributed by atoms with van der Waals surface area (Å²) in [5, 5.41) is 3.03. The van der Waals surface area contributed by atoms with E-state index >= 15 is 0 Å². The lowest BCUT2D eigenvalue weighted by Gasteiger charge is -2.05. The molecule has 2 heterocycles. The highest BCUT2D eigenvalue weighted by Gasteiger charge is 2.04. The molecule has 0 bridgehead atoms. The fourth-order valence-electron chi connectivity index (χ4n) is 1.65. The summed E-state index contributed by atoms with van der Waals surface area (Å²) in [6, 6.07) is 5.76. The standard InChI is InChI=1S/C12H10N4OS/c1-16-5-4-13-11(12(16)17)15-8-2-3-9-10(6-8)18-7-14-9/h2-7H,1H3,(H,13,15). The predicted octanol–water partition coefficient (Wildman–Crippen LogP) is 2.13. The molecule has 0 aliphatic rings. The number of hydrogen-bond acceptors (Lipinski definition) is 5. The molecule has 1 N–H and O–H groups in total. The number of rotatable bonds is 2. The highest BCUT2D eigenvalue weighted by Crippen LogP contribution is 2.22. The van der Waals surface area contributed by atoms with Crippen LogP contribution in [0.15, 0.2) is 40.9 Å². The van der Waals surface area contributed by atoms with Gasteiger partial charge in [-0.1, -0.05) is 0 Å². The second-order valence-corrected chi connectivity index (χ2v) is 4.74. The van der Waals surface area contributed by atoms with E-state index in [0.717, 1.165) is 15.9 Å². The molecule has 0 saturated carbocycles. The molecule has 0 saturated heterocycles. The third-order valence-corrected chi connectivity index (χ3v) is 3.40. The zero-order valence-electron chi connectivity index (χ0n) is 9.62. The molecule has 18 heavy (non-hydrogen) atoms. The van der Waals surface area contributed by atoms with E-state index in [1.54, 1.807) is 36.3 Å². The molecular formula is C12H10N4OS. The average Bonchev–Trinajstić information content (AvgIpc) is 2.82. The van der Waals surface area contributed by atoms with Gasteiger partial charge in [0, 0.05) is 25.1 Å². The summed E-state index contributed by atoms with van der Waals surface area (Å²) in [4.78, 5) is 20.1. The van der Waals surface area contributed by atoms with Gasteiger partial charge in [0.1, 0.15) is 0 Å². The maximum Gasteiger partial charge on any atom is 0.293 e. The number of benzene rings is 1. The van der Waals surface area contributed by atoms with Crippen LogP contribution in [0.4, 0.5) is 11.5 Å². The Morgan fingerprint density at radius 2 is 2.22 bits per heavy atom. The summed E-state index contributed by atoms with van der Waals surface area (Å²) in [7, 11) is 1.70. The number of thiazole rings is 1. The van der Waals surface area contributed by atoms with Gasteiger partial charge in [0.05, 0.1) is 15.7 Å². The Labute approximate surface area is 107 Å². The number of anilines is 2. The van der Waals surface area contributed by atoms with Gasteiger partial charge < -0.3 is 9.88 Å². The van der Waals surface area contributed by atoms with Crippen molar-refractivity contribution in [1.82, 2.24) is 14.5 Å². The largest absolute Gasteiger partial charge is 0.336 e. The van der Waals surface area contributed by atoms with Crippen molar-refractivity contribution in [3.8, 4) is 0 Å². The Morgan fingerprint density at radius 3 is 3.11 bits per heavy atom. The maximum atomic E-state index is 11.8. The van der Waals surface area contributed by atoms with Gasteiger partial charge in [-0.15, -0.1) is 11.3 Å². The fourth-order valence-corrected chi connectivity index (χ4v) is 2.37. The SMILES string of the molecule is Cn1ccnc(Nc2ccc3ncsc3c2)c1=O. The first-order valence-electron chi connectivity index (χ1n) is 5.36. The van der Waals surface area contributed by atoms with Crippen molar-refractivity contribution in [2.24, 2.45) is 7.05 Å². The Kier molecular flexibility index (Phi) is 2.56. The summed E-state index contributed by atoms with van der Waals surface area (Å²) in [5.74, 6) is 0.323. The molecule has 0 aliphatic carbocycles. The Bertz CT molecular complexity index is 762. The lowest BCUT2D eigenvalue weighted by molar-refractivity contribution is 0.845. The van der Waals surface area contributed by atoms with Gasteiger partial charge in [0.2, 0.25) is 0 Å². The van der Waals surface area contributed by atoms with Crippen molar-refractivity contribution >= 4 is 33.1 Å². The zero-order chi connectivity index (χ0) is 12.5. The smallest absolute Gasteiger partial charge is 0.293 e. The molecule has 3 rings (SSSR count). The first-order chi connectivity index (χ1) is 8.74.